The minimum Gasteiger partial charge on any atom is -0.508 e. The molecule has 0 saturated carbocycles. The van der Waals surface area contributed by atoms with E-state index in [0.717, 1.165) is 11.1 Å². The molecule has 0 amide bonds. The van der Waals surface area contributed by atoms with Crippen LogP contribution in [-0.4, -0.2) is 36.9 Å². The highest BCUT2D eigenvalue weighted by molar-refractivity contribution is 6.09. The van der Waals surface area contributed by atoms with Crippen LogP contribution in [0.4, 0.5) is 0 Å². The maximum absolute atomic E-state index is 13.5. The summed E-state index contributed by atoms with van der Waals surface area (Å²) in [4.78, 5) is 13.5. The molecular formula is C40H34O9. The predicted molar refractivity (Wildman–Crippen MR) is 181 cm³/mol. The molecule has 4 aliphatic rings. The largest absolute Gasteiger partial charge is 0.508 e. The lowest BCUT2D eigenvalue weighted by molar-refractivity contribution is -0.198. The van der Waals surface area contributed by atoms with E-state index in [1.54, 1.807) is 30.3 Å². The molecule has 9 heteroatoms. The van der Waals surface area contributed by atoms with Crippen molar-refractivity contribution in [1.82, 2.24) is 0 Å². The van der Waals surface area contributed by atoms with Crippen molar-refractivity contribution in [3.8, 4) is 46.0 Å². The second kappa shape index (κ2) is 10.6. The molecule has 8 rings (SSSR count). The van der Waals surface area contributed by atoms with Crippen molar-refractivity contribution in [3.05, 3.63) is 118 Å². The average molecular weight is 659 g/mol. The van der Waals surface area contributed by atoms with Crippen molar-refractivity contribution < 1.29 is 44.5 Å². The molecule has 1 unspecified atom stereocenters. The smallest absolute Gasteiger partial charge is 0.285 e. The molecule has 0 saturated heterocycles. The van der Waals surface area contributed by atoms with E-state index in [0.29, 0.717) is 45.9 Å². The van der Waals surface area contributed by atoms with Crippen molar-refractivity contribution in [2.45, 2.75) is 50.4 Å². The van der Waals surface area contributed by atoms with Crippen molar-refractivity contribution >= 4 is 17.9 Å². The summed E-state index contributed by atoms with van der Waals surface area (Å²) in [5, 5.41) is 53.1. The van der Waals surface area contributed by atoms with Gasteiger partial charge in [-0.1, -0.05) is 17.7 Å². The Bertz CT molecular complexity index is 2170. The topological polar surface area (TPSA) is 146 Å². The monoisotopic (exact) mass is 658 g/mol. The maximum Gasteiger partial charge on any atom is 0.285 e. The number of carbonyl (C=O) groups is 1. The van der Waals surface area contributed by atoms with Gasteiger partial charge in [0, 0.05) is 35.1 Å². The van der Waals surface area contributed by atoms with Crippen LogP contribution in [-0.2, 0) is 5.79 Å². The van der Waals surface area contributed by atoms with Crippen LogP contribution in [0.3, 0.4) is 0 Å². The molecule has 9 nitrogen and oxygen atoms in total. The molecule has 0 fully saturated rings. The lowest BCUT2D eigenvalue weighted by Crippen LogP contribution is -2.56. The molecule has 1 aliphatic carbocycles. The Balaban J connectivity index is 1.32. The Labute approximate surface area is 282 Å². The van der Waals surface area contributed by atoms with E-state index >= 15 is 0 Å². The highest BCUT2D eigenvalue weighted by Crippen LogP contribution is 2.66. The van der Waals surface area contributed by atoms with Gasteiger partial charge >= 0.3 is 0 Å². The van der Waals surface area contributed by atoms with Crippen LogP contribution in [0.1, 0.15) is 77.2 Å². The van der Waals surface area contributed by atoms with Gasteiger partial charge in [-0.05, 0) is 99.5 Å². The molecule has 4 atom stereocenters. The Morgan fingerprint density at radius 2 is 1.61 bits per heavy atom. The number of allylic oxidation sites excluding steroid dienone is 3. The van der Waals surface area contributed by atoms with Gasteiger partial charge in [0.05, 0.1) is 22.6 Å². The van der Waals surface area contributed by atoms with Crippen molar-refractivity contribution in [2.75, 3.05) is 0 Å². The third-order valence-corrected chi connectivity index (χ3v) is 9.95. The van der Waals surface area contributed by atoms with Gasteiger partial charge in [0.25, 0.3) is 5.79 Å². The normalized spacial score (nSPS) is 23.9. The number of aromatic hydroxyl groups is 5. The third kappa shape index (κ3) is 4.71. The molecule has 0 bridgehead atoms. The second-order valence-electron chi connectivity index (χ2n) is 13.7. The van der Waals surface area contributed by atoms with E-state index in [1.807, 2.05) is 39.0 Å². The molecule has 4 aromatic rings. The van der Waals surface area contributed by atoms with Gasteiger partial charge in [0.1, 0.15) is 51.6 Å². The first-order valence-corrected chi connectivity index (χ1v) is 16.1. The number of ether oxygens (including phenoxy) is 3. The lowest BCUT2D eigenvalue weighted by atomic mass is 9.60. The van der Waals surface area contributed by atoms with Gasteiger partial charge in [-0.15, -0.1) is 0 Å². The molecule has 4 aromatic carbocycles. The number of rotatable bonds is 4. The zero-order valence-electron chi connectivity index (χ0n) is 27.0. The average Bonchev–Trinajstić information content (AvgIpc) is 3.03. The minimum atomic E-state index is -1.53. The minimum absolute atomic E-state index is 0.0331. The fourth-order valence-electron chi connectivity index (χ4n) is 7.80. The number of carbonyl (C=O) groups excluding carboxylic acids is 1. The summed E-state index contributed by atoms with van der Waals surface area (Å²) in [5.41, 5.74) is 3.09. The zero-order valence-corrected chi connectivity index (χ0v) is 27.0. The Morgan fingerprint density at radius 3 is 2.41 bits per heavy atom. The van der Waals surface area contributed by atoms with Crippen LogP contribution in [0, 0.1) is 5.92 Å². The molecule has 0 spiro atoms. The van der Waals surface area contributed by atoms with E-state index in [4.69, 9.17) is 14.2 Å². The van der Waals surface area contributed by atoms with E-state index in [2.05, 4.69) is 6.08 Å². The molecule has 3 aliphatic heterocycles. The standard InChI is InChI=1S/C40H34O9/c1-20-16-27-24-8-7-23(42)19-34(24)48-40(29-10-12-31(44)26-14-15-39(2,3)49-38(26)29)36(27)28(17-20)35-33(47-40)13-9-25(37(35)46)30(43)11-5-21-4-6-22(41)18-32(21)45/h4-15,17-19,27-28,36,41-42,44-46H,16H2,1-3H3/b11-5+/t27-,28-,36-,40?/m1/s1. The number of fused-ring (bicyclic) bond motifs is 5. The fraction of sp³-hybridized carbons (Fsp3) is 0.225. The van der Waals surface area contributed by atoms with Gasteiger partial charge in [0.15, 0.2) is 5.78 Å². The first-order chi connectivity index (χ1) is 23.3. The summed E-state index contributed by atoms with van der Waals surface area (Å²) in [6, 6.07) is 15.6. The van der Waals surface area contributed by atoms with Crippen LogP contribution in [0.15, 0.2) is 84.5 Å². The van der Waals surface area contributed by atoms with Crippen LogP contribution < -0.4 is 14.2 Å². The highest BCUT2D eigenvalue weighted by atomic mass is 16.7. The first-order valence-electron chi connectivity index (χ1n) is 16.1. The van der Waals surface area contributed by atoms with E-state index in [1.165, 1.54) is 36.4 Å². The fourth-order valence-corrected chi connectivity index (χ4v) is 7.80. The highest BCUT2D eigenvalue weighted by Gasteiger charge is 2.62. The van der Waals surface area contributed by atoms with Crippen LogP contribution >= 0.6 is 0 Å². The van der Waals surface area contributed by atoms with Gasteiger partial charge in [0.2, 0.25) is 0 Å². The maximum atomic E-state index is 13.5. The SMILES string of the molecule is CC1=C[C@@H]2c3c(ccc(C(=O)/C=C/c4ccc(O)cc4O)c3O)OC3(c4ccc(O)c5c4OC(C)(C)C=C5)Oc4cc(O)ccc4[C@@H](C1)[C@H]23. The number of hydrogen-bond donors (Lipinski definition) is 5. The van der Waals surface area contributed by atoms with Crippen molar-refractivity contribution in [3.63, 3.8) is 0 Å². The first kappa shape index (κ1) is 30.5. The van der Waals surface area contributed by atoms with Gasteiger partial charge in [-0.3, -0.25) is 4.79 Å². The predicted octanol–water partition coefficient (Wildman–Crippen LogP) is 7.77. The number of ketones is 1. The number of phenols is 5. The van der Waals surface area contributed by atoms with Crippen molar-refractivity contribution in [1.29, 1.82) is 0 Å². The van der Waals surface area contributed by atoms with Crippen molar-refractivity contribution in [2.24, 2.45) is 5.92 Å². The lowest BCUT2D eigenvalue weighted by Gasteiger charge is -2.55. The summed E-state index contributed by atoms with van der Waals surface area (Å²) in [6.07, 6.45) is 9.10. The second-order valence-corrected chi connectivity index (χ2v) is 13.7. The number of phenolic OH excluding ortho intramolecular Hbond substituents is 5. The van der Waals surface area contributed by atoms with Gasteiger partial charge < -0.3 is 39.7 Å². The van der Waals surface area contributed by atoms with Gasteiger partial charge in [-0.2, -0.15) is 0 Å². The molecule has 3 heterocycles. The Kier molecular flexibility index (Phi) is 6.59. The summed E-state index contributed by atoms with van der Waals surface area (Å²) in [6.45, 7) is 5.85. The summed E-state index contributed by atoms with van der Waals surface area (Å²) in [7, 11) is 0. The van der Waals surface area contributed by atoms with Crippen LogP contribution in [0.2, 0.25) is 0 Å². The number of hydrogen-bond acceptors (Lipinski definition) is 9. The Morgan fingerprint density at radius 1 is 0.857 bits per heavy atom. The zero-order chi connectivity index (χ0) is 34.4. The quantitative estimate of drug-likeness (QED) is 0.0843. The molecular weight excluding hydrogens is 624 g/mol. The summed E-state index contributed by atoms with van der Waals surface area (Å²) in [5.74, 6) is -2.49. The summed E-state index contributed by atoms with van der Waals surface area (Å²) < 4.78 is 20.4. The number of benzene rings is 4. The van der Waals surface area contributed by atoms with E-state index < -0.39 is 29.0 Å². The van der Waals surface area contributed by atoms with Crippen LogP contribution in [0.5, 0.6) is 46.0 Å². The van der Waals surface area contributed by atoms with Gasteiger partial charge in [-0.25, -0.2) is 0 Å². The Hall–Kier alpha value is -5.83. The van der Waals surface area contributed by atoms with E-state index in [9.17, 15) is 30.3 Å². The molecule has 248 valence electrons. The van der Waals surface area contributed by atoms with Crippen LogP contribution in [0.25, 0.3) is 12.2 Å². The molecule has 0 aromatic heterocycles. The molecule has 5 N–H and O–H groups in total. The third-order valence-electron chi connectivity index (χ3n) is 9.95. The van der Waals surface area contributed by atoms with E-state index in [-0.39, 0.29) is 40.2 Å². The summed E-state index contributed by atoms with van der Waals surface area (Å²) >= 11 is 0. The molecule has 0 radical (unpaired) electrons. The molecule has 49 heavy (non-hydrogen) atoms.